The number of nitro groups is 1. The largest absolute Gasteiger partial charge is 0.485 e. The van der Waals surface area contributed by atoms with Gasteiger partial charge in [-0.05, 0) is 31.5 Å². The predicted octanol–water partition coefficient (Wildman–Crippen LogP) is 3.84. The first-order valence-electron chi connectivity index (χ1n) is 8.69. The van der Waals surface area contributed by atoms with E-state index in [4.69, 9.17) is 9.47 Å². The average molecular weight is 381 g/mol. The van der Waals surface area contributed by atoms with Gasteiger partial charge in [0.2, 0.25) is 5.69 Å². The Kier molecular flexibility index (Phi) is 5.69. The number of esters is 1. The van der Waals surface area contributed by atoms with E-state index in [0.29, 0.717) is 11.1 Å². The molecule has 0 fully saturated rings. The van der Waals surface area contributed by atoms with Gasteiger partial charge in [0.25, 0.3) is 5.69 Å². The van der Waals surface area contributed by atoms with Crippen LogP contribution in [0.2, 0.25) is 0 Å². The molecule has 0 aliphatic rings. The first-order valence-corrected chi connectivity index (χ1v) is 8.69. The summed E-state index contributed by atoms with van der Waals surface area (Å²) < 4.78 is 12.4. The fraction of sp³-hybridized carbons (Fsp3) is 0.200. The highest BCUT2D eigenvalue weighted by molar-refractivity contribution is 5.90. The second-order valence-electron chi connectivity index (χ2n) is 5.95. The summed E-state index contributed by atoms with van der Waals surface area (Å²) in [7, 11) is 0. The van der Waals surface area contributed by atoms with Crippen molar-refractivity contribution in [1.82, 2.24) is 9.78 Å². The fourth-order valence-corrected chi connectivity index (χ4v) is 2.70. The van der Waals surface area contributed by atoms with E-state index in [9.17, 15) is 14.9 Å². The van der Waals surface area contributed by atoms with Gasteiger partial charge >= 0.3 is 5.97 Å². The van der Waals surface area contributed by atoms with Crippen LogP contribution in [0.4, 0.5) is 5.69 Å². The lowest BCUT2D eigenvalue weighted by atomic mass is 10.1. The molecule has 3 aromatic rings. The fourth-order valence-electron chi connectivity index (χ4n) is 2.70. The Hall–Kier alpha value is -3.68. The van der Waals surface area contributed by atoms with Crippen molar-refractivity contribution in [2.75, 3.05) is 6.61 Å². The Morgan fingerprint density at radius 1 is 1.18 bits per heavy atom. The van der Waals surface area contributed by atoms with Crippen LogP contribution in [0.25, 0.3) is 5.69 Å². The maximum Gasteiger partial charge on any atom is 0.362 e. The van der Waals surface area contributed by atoms with E-state index in [2.05, 4.69) is 5.10 Å². The highest BCUT2D eigenvalue weighted by Gasteiger charge is 2.21. The maximum absolute atomic E-state index is 12.3. The molecule has 0 amide bonds. The van der Waals surface area contributed by atoms with Crippen LogP contribution in [0.3, 0.4) is 0 Å². The SMILES string of the molecule is CCOC(=O)c1nn(-c2ccccc2)cc1OCc1cccc([N+](=O)[O-])c1C. The summed E-state index contributed by atoms with van der Waals surface area (Å²) >= 11 is 0. The number of rotatable bonds is 7. The lowest BCUT2D eigenvalue weighted by Crippen LogP contribution is -2.09. The Morgan fingerprint density at radius 2 is 1.93 bits per heavy atom. The van der Waals surface area contributed by atoms with Crippen molar-refractivity contribution in [2.45, 2.75) is 20.5 Å². The number of ether oxygens (including phenoxy) is 2. The molecule has 0 unspecified atom stereocenters. The lowest BCUT2D eigenvalue weighted by molar-refractivity contribution is -0.385. The Labute approximate surface area is 161 Å². The molecule has 8 nitrogen and oxygen atoms in total. The van der Waals surface area contributed by atoms with Crippen molar-refractivity contribution in [3.05, 3.63) is 81.7 Å². The van der Waals surface area contributed by atoms with E-state index in [-0.39, 0.29) is 30.3 Å². The van der Waals surface area contributed by atoms with Crippen molar-refractivity contribution in [2.24, 2.45) is 0 Å². The summed E-state index contributed by atoms with van der Waals surface area (Å²) in [4.78, 5) is 22.9. The molecule has 1 aromatic heterocycles. The standard InChI is InChI=1S/C20H19N3O5/c1-3-27-20(24)19-18(12-22(21-19)16-9-5-4-6-10-16)28-13-15-8-7-11-17(14(15)2)23(25)26/h4-12H,3,13H2,1-2H3. The van der Waals surface area contributed by atoms with Gasteiger partial charge in [-0.25, -0.2) is 9.48 Å². The van der Waals surface area contributed by atoms with Gasteiger partial charge in [-0.15, -0.1) is 0 Å². The molecule has 8 heteroatoms. The topological polar surface area (TPSA) is 96.5 Å². The van der Waals surface area contributed by atoms with Gasteiger partial charge in [-0.1, -0.05) is 30.3 Å². The van der Waals surface area contributed by atoms with E-state index < -0.39 is 10.9 Å². The van der Waals surface area contributed by atoms with Crippen molar-refractivity contribution in [3.8, 4) is 11.4 Å². The molecule has 1 heterocycles. The number of para-hydroxylation sites is 1. The minimum absolute atomic E-state index is 0.0201. The van der Waals surface area contributed by atoms with E-state index in [1.165, 1.54) is 10.7 Å². The molecule has 28 heavy (non-hydrogen) atoms. The highest BCUT2D eigenvalue weighted by Crippen LogP contribution is 2.25. The molecule has 0 bridgehead atoms. The molecule has 0 saturated heterocycles. The number of carbonyl (C=O) groups is 1. The molecule has 2 aromatic carbocycles. The third-order valence-electron chi connectivity index (χ3n) is 4.17. The van der Waals surface area contributed by atoms with Gasteiger partial charge in [-0.2, -0.15) is 5.10 Å². The summed E-state index contributed by atoms with van der Waals surface area (Å²) in [5.41, 5.74) is 1.99. The Bertz CT molecular complexity index is 998. The zero-order chi connectivity index (χ0) is 20.1. The number of hydrogen-bond donors (Lipinski definition) is 0. The van der Waals surface area contributed by atoms with Crippen molar-refractivity contribution in [1.29, 1.82) is 0 Å². The normalized spacial score (nSPS) is 10.5. The molecule has 0 spiro atoms. The molecule has 0 aliphatic heterocycles. The summed E-state index contributed by atoms with van der Waals surface area (Å²) in [6.07, 6.45) is 1.59. The van der Waals surface area contributed by atoms with Crippen LogP contribution in [0.5, 0.6) is 5.75 Å². The third kappa shape index (κ3) is 4.01. The van der Waals surface area contributed by atoms with Crippen molar-refractivity contribution >= 4 is 11.7 Å². The molecular formula is C20H19N3O5. The van der Waals surface area contributed by atoms with E-state index in [1.807, 2.05) is 30.3 Å². The minimum atomic E-state index is -0.594. The van der Waals surface area contributed by atoms with Gasteiger partial charge in [0.1, 0.15) is 6.61 Å². The number of nitrogens with zero attached hydrogens (tertiary/aromatic N) is 3. The summed E-state index contributed by atoms with van der Waals surface area (Å²) in [5, 5.41) is 15.4. The average Bonchev–Trinajstić information content (AvgIpc) is 3.12. The van der Waals surface area contributed by atoms with Crippen LogP contribution < -0.4 is 4.74 Å². The first-order chi connectivity index (χ1) is 13.5. The van der Waals surface area contributed by atoms with Crippen LogP contribution in [0.15, 0.2) is 54.7 Å². The van der Waals surface area contributed by atoms with Crippen molar-refractivity contribution in [3.63, 3.8) is 0 Å². The smallest absolute Gasteiger partial charge is 0.362 e. The maximum atomic E-state index is 12.3. The quantitative estimate of drug-likeness (QED) is 0.350. The van der Waals surface area contributed by atoms with Crippen molar-refractivity contribution < 1.29 is 19.2 Å². The summed E-state index contributed by atoms with van der Waals surface area (Å²) in [6, 6.07) is 14.1. The number of benzene rings is 2. The summed E-state index contributed by atoms with van der Waals surface area (Å²) in [6.45, 7) is 3.64. The predicted molar refractivity (Wildman–Crippen MR) is 102 cm³/mol. The van der Waals surface area contributed by atoms with E-state index in [1.54, 1.807) is 32.2 Å². The number of aromatic nitrogens is 2. The molecule has 144 valence electrons. The van der Waals surface area contributed by atoms with Crippen LogP contribution in [0.1, 0.15) is 28.5 Å². The Balaban J connectivity index is 1.90. The van der Waals surface area contributed by atoms with Crippen LogP contribution in [-0.4, -0.2) is 27.3 Å². The van der Waals surface area contributed by atoms with Gasteiger partial charge in [-0.3, -0.25) is 10.1 Å². The number of carbonyl (C=O) groups excluding carboxylic acids is 1. The molecule has 0 atom stereocenters. The third-order valence-corrected chi connectivity index (χ3v) is 4.17. The van der Waals surface area contributed by atoms with Gasteiger partial charge in [0.05, 0.1) is 23.4 Å². The minimum Gasteiger partial charge on any atom is -0.485 e. The molecule has 0 aliphatic carbocycles. The second-order valence-corrected chi connectivity index (χ2v) is 5.95. The molecular weight excluding hydrogens is 362 g/mol. The lowest BCUT2D eigenvalue weighted by Gasteiger charge is -2.08. The van der Waals surface area contributed by atoms with Gasteiger partial charge in [0.15, 0.2) is 5.75 Å². The van der Waals surface area contributed by atoms with E-state index >= 15 is 0 Å². The first kappa shape index (κ1) is 19.1. The number of hydrogen-bond acceptors (Lipinski definition) is 6. The van der Waals surface area contributed by atoms with Gasteiger partial charge < -0.3 is 9.47 Å². The zero-order valence-electron chi connectivity index (χ0n) is 15.5. The van der Waals surface area contributed by atoms with Crippen LogP contribution in [-0.2, 0) is 11.3 Å². The zero-order valence-corrected chi connectivity index (χ0v) is 15.5. The monoisotopic (exact) mass is 381 g/mol. The molecule has 0 saturated carbocycles. The molecule has 0 N–H and O–H groups in total. The van der Waals surface area contributed by atoms with E-state index in [0.717, 1.165) is 5.69 Å². The number of nitro benzene ring substituents is 1. The van der Waals surface area contributed by atoms with Crippen LogP contribution in [0, 0.1) is 17.0 Å². The molecule has 0 radical (unpaired) electrons. The second kappa shape index (κ2) is 8.34. The molecule has 3 rings (SSSR count). The highest BCUT2D eigenvalue weighted by atomic mass is 16.6. The Morgan fingerprint density at radius 3 is 2.61 bits per heavy atom. The summed E-state index contributed by atoms with van der Waals surface area (Å²) in [5.74, 6) is -0.351. The van der Waals surface area contributed by atoms with Gasteiger partial charge in [0, 0.05) is 11.6 Å². The van der Waals surface area contributed by atoms with Crippen LogP contribution >= 0.6 is 0 Å².